The molecule has 4 N–H and O–H groups in total. The number of hydrogen-bond acceptors (Lipinski definition) is 9. The van der Waals surface area contributed by atoms with Crippen LogP contribution in [0.3, 0.4) is 0 Å². The SMILES string of the molecule is CCN(CC)[C@@H](C(=O)N1CCC[C@H]1c1ncc(-c2ccc(-c3ccc(-c4cnc([C@@H]5CCCN5C(=O)[C@H](Cc5cscn5)OC(N)=O)[nH]4)cc3)cc2)[nH]1)c1ccccc1. The van der Waals surface area contributed by atoms with Crippen molar-refractivity contribution in [1.29, 1.82) is 0 Å². The fourth-order valence-corrected chi connectivity index (χ4v) is 9.11. The molecule has 4 atom stereocenters. The Kier molecular flexibility index (Phi) is 12.0. The van der Waals surface area contributed by atoms with Gasteiger partial charge in [0, 0.05) is 24.9 Å². The van der Waals surface area contributed by atoms with Crippen LogP contribution >= 0.6 is 11.3 Å². The van der Waals surface area contributed by atoms with Crippen molar-refractivity contribution in [3.63, 3.8) is 0 Å². The number of primary amides is 1. The van der Waals surface area contributed by atoms with Crippen molar-refractivity contribution in [2.45, 2.75) is 70.2 Å². The molecule has 0 spiro atoms. The van der Waals surface area contributed by atoms with Crippen LogP contribution in [0.4, 0.5) is 4.79 Å². The van der Waals surface area contributed by atoms with E-state index in [2.05, 4.69) is 99.3 Å². The smallest absolute Gasteiger partial charge is 0.405 e. The molecule has 3 aromatic heterocycles. The number of benzene rings is 3. The fourth-order valence-electron chi connectivity index (χ4n) is 8.54. The van der Waals surface area contributed by atoms with E-state index < -0.39 is 12.2 Å². The normalized spacial score (nSPS) is 17.7. The minimum absolute atomic E-state index is 0.101. The second-order valence-electron chi connectivity index (χ2n) is 15.0. The number of nitrogens with zero attached hydrogens (tertiary/aromatic N) is 6. The number of likely N-dealkylation sites (N-methyl/N-ethyl adjacent to an activating group) is 1. The third kappa shape index (κ3) is 8.55. The summed E-state index contributed by atoms with van der Waals surface area (Å²) in [7, 11) is 0. The Morgan fingerprint density at radius 2 is 1.29 bits per heavy atom. The molecule has 0 saturated carbocycles. The summed E-state index contributed by atoms with van der Waals surface area (Å²) in [5.74, 6) is 1.32. The Morgan fingerprint density at radius 3 is 1.78 bits per heavy atom. The van der Waals surface area contributed by atoms with E-state index >= 15 is 0 Å². The molecule has 2 aliphatic heterocycles. The van der Waals surface area contributed by atoms with Crippen LogP contribution in [0.25, 0.3) is 33.6 Å². The lowest BCUT2D eigenvalue weighted by Crippen LogP contribution is -2.43. The number of likely N-dealkylation sites (tertiary alicyclic amines) is 2. The molecule has 0 bridgehead atoms. The van der Waals surface area contributed by atoms with Gasteiger partial charge in [0.25, 0.3) is 5.91 Å². The molecular weight excluding hydrogens is 763 g/mol. The minimum atomic E-state index is -1.06. The number of carbonyl (C=O) groups is 3. The molecule has 304 valence electrons. The standard InChI is InChI=1S/C45H49N9O4S/c1-3-52(4-2)40(33-10-6-5-7-11-33)44(56)54-23-9-13-38(54)42-48-26-36(51-42)32-20-16-30(17-21-32)29-14-18-31(19-15-29)35-25-47-41(50-35)37-12-8-22-53(37)43(55)39(58-45(46)57)24-34-27-59-28-49-34/h5-7,10-11,14-21,25-28,37-40H,3-4,8-9,12-13,22-24H2,1-2H3,(H2,46,57)(H,47,50)(H,48,51)/t37-,38-,39-,40+/m0/s1. The maximum atomic E-state index is 14.2. The number of carbonyl (C=O) groups excluding carboxylic acids is 3. The molecule has 2 fully saturated rings. The number of amides is 3. The summed E-state index contributed by atoms with van der Waals surface area (Å²) in [6.07, 6.45) is 5.11. The summed E-state index contributed by atoms with van der Waals surface area (Å²) >= 11 is 1.41. The highest BCUT2D eigenvalue weighted by molar-refractivity contribution is 7.07. The van der Waals surface area contributed by atoms with Crippen molar-refractivity contribution in [2.75, 3.05) is 26.2 Å². The number of rotatable bonds is 14. The van der Waals surface area contributed by atoms with Gasteiger partial charge in [-0.05, 0) is 66.6 Å². The van der Waals surface area contributed by atoms with Crippen LogP contribution in [0.15, 0.2) is 102 Å². The van der Waals surface area contributed by atoms with Gasteiger partial charge in [-0.25, -0.2) is 19.7 Å². The molecule has 3 amide bonds. The molecule has 2 aliphatic rings. The average molecular weight is 812 g/mol. The van der Waals surface area contributed by atoms with Gasteiger partial charge in [0.05, 0.1) is 47.1 Å². The van der Waals surface area contributed by atoms with E-state index in [0.29, 0.717) is 24.6 Å². The van der Waals surface area contributed by atoms with Crippen molar-refractivity contribution in [3.8, 4) is 33.6 Å². The van der Waals surface area contributed by atoms with Crippen LogP contribution in [0.2, 0.25) is 0 Å². The summed E-state index contributed by atoms with van der Waals surface area (Å²) in [5.41, 5.74) is 14.6. The Balaban J connectivity index is 0.924. The van der Waals surface area contributed by atoms with Crippen molar-refractivity contribution in [1.82, 2.24) is 39.6 Å². The zero-order valence-electron chi connectivity index (χ0n) is 33.3. The molecule has 3 aromatic carbocycles. The van der Waals surface area contributed by atoms with E-state index in [0.717, 1.165) is 83.8 Å². The third-order valence-electron chi connectivity index (χ3n) is 11.6. The van der Waals surface area contributed by atoms with Crippen LogP contribution in [0, 0.1) is 0 Å². The van der Waals surface area contributed by atoms with Crippen LogP contribution in [0.5, 0.6) is 0 Å². The van der Waals surface area contributed by atoms with Gasteiger partial charge in [0.1, 0.15) is 17.7 Å². The highest BCUT2D eigenvalue weighted by Crippen LogP contribution is 2.37. The topological polar surface area (TPSA) is 166 Å². The van der Waals surface area contributed by atoms with Gasteiger partial charge in [0.15, 0.2) is 6.10 Å². The summed E-state index contributed by atoms with van der Waals surface area (Å²) in [4.78, 5) is 66.2. The Bertz CT molecular complexity index is 2340. The van der Waals surface area contributed by atoms with Gasteiger partial charge in [0.2, 0.25) is 5.91 Å². The number of H-pyrrole nitrogens is 2. The molecule has 14 heteroatoms. The van der Waals surface area contributed by atoms with Gasteiger partial charge < -0.3 is 30.2 Å². The monoisotopic (exact) mass is 811 g/mol. The van der Waals surface area contributed by atoms with E-state index in [1.807, 2.05) is 34.7 Å². The predicted octanol–water partition coefficient (Wildman–Crippen LogP) is 7.71. The molecule has 6 aromatic rings. The molecule has 59 heavy (non-hydrogen) atoms. The highest BCUT2D eigenvalue weighted by atomic mass is 32.1. The second kappa shape index (κ2) is 17.8. The Hall–Kier alpha value is -6.12. The summed E-state index contributed by atoms with van der Waals surface area (Å²) in [6, 6.07) is 26.1. The number of aromatic amines is 2. The van der Waals surface area contributed by atoms with E-state index in [1.165, 1.54) is 11.3 Å². The van der Waals surface area contributed by atoms with Crippen molar-refractivity contribution in [3.05, 3.63) is 125 Å². The van der Waals surface area contributed by atoms with Gasteiger partial charge in [-0.15, -0.1) is 11.3 Å². The van der Waals surface area contributed by atoms with Crippen molar-refractivity contribution >= 4 is 29.2 Å². The number of nitrogens with one attached hydrogen (secondary N) is 2. The fraction of sp³-hybridized carbons (Fsp3) is 0.333. The number of aromatic nitrogens is 5. The zero-order valence-corrected chi connectivity index (χ0v) is 34.1. The summed E-state index contributed by atoms with van der Waals surface area (Å²) in [5, 5.41) is 1.83. The lowest BCUT2D eigenvalue weighted by molar-refractivity contribution is -0.141. The number of nitrogens with two attached hydrogens (primary N) is 1. The quantitative estimate of drug-likeness (QED) is 0.101. The maximum absolute atomic E-state index is 14.2. The third-order valence-corrected chi connectivity index (χ3v) is 12.2. The molecule has 0 radical (unpaired) electrons. The van der Waals surface area contributed by atoms with Gasteiger partial charge >= 0.3 is 6.09 Å². The average Bonchev–Trinajstić information content (AvgIpc) is 4.12. The molecule has 8 rings (SSSR count). The van der Waals surface area contributed by atoms with Crippen molar-refractivity contribution < 1.29 is 19.1 Å². The van der Waals surface area contributed by atoms with Gasteiger partial charge in [-0.2, -0.15) is 0 Å². The Morgan fingerprint density at radius 1 is 0.763 bits per heavy atom. The van der Waals surface area contributed by atoms with Gasteiger partial charge in [-0.1, -0.05) is 92.7 Å². The molecule has 13 nitrogen and oxygen atoms in total. The predicted molar refractivity (Wildman–Crippen MR) is 227 cm³/mol. The lowest BCUT2D eigenvalue weighted by Gasteiger charge is -2.34. The lowest BCUT2D eigenvalue weighted by atomic mass is 10.0. The minimum Gasteiger partial charge on any atom is -0.436 e. The molecule has 2 saturated heterocycles. The molecule has 0 unspecified atom stereocenters. The summed E-state index contributed by atoms with van der Waals surface area (Å²) in [6.45, 7) is 7.03. The number of imidazole rings is 2. The molecular formula is C45H49N9O4S. The number of thiazole rings is 1. The van der Waals surface area contributed by atoms with E-state index in [1.54, 1.807) is 16.6 Å². The maximum Gasteiger partial charge on any atom is 0.405 e. The number of ether oxygens (including phenoxy) is 1. The van der Waals surface area contributed by atoms with Gasteiger partial charge in [-0.3, -0.25) is 14.5 Å². The zero-order chi connectivity index (χ0) is 40.9. The molecule has 5 heterocycles. The highest BCUT2D eigenvalue weighted by Gasteiger charge is 2.39. The van der Waals surface area contributed by atoms with Crippen LogP contribution in [-0.4, -0.2) is 89.8 Å². The second-order valence-corrected chi connectivity index (χ2v) is 15.8. The van der Waals surface area contributed by atoms with Crippen LogP contribution in [-0.2, 0) is 20.7 Å². The number of hydrogen-bond donors (Lipinski definition) is 3. The first-order valence-electron chi connectivity index (χ1n) is 20.3. The summed E-state index contributed by atoms with van der Waals surface area (Å²) < 4.78 is 5.26. The van der Waals surface area contributed by atoms with Crippen molar-refractivity contribution in [2.24, 2.45) is 5.73 Å². The largest absolute Gasteiger partial charge is 0.436 e. The molecule has 0 aliphatic carbocycles. The first-order chi connectivity index (χ1) is 28.8. The van der Waals surface area contributed by atoms with E-state index in [4.69, 9.17) is 15.5 Å². The first-order valence-corrected chi connectivity index (χ1v) is 21.3. The Labute approximate surface area is 347 Å². The van der Waals surface area contributed by atoms with E-state index in [-0.39, 0.29) is 36.4 Å². The van der Waals surface area contributed by atoms with Crippen LogP contribution < -0.4 is 5.73 Å². The van der Waals surface area contributed by atoms with Crippen LogP contribution in [0.1, 0.15) is 80.6 Å². The first kappa shape index (κ1) is 39.7. The van der Waals surface area contributed by atoms with E-state index in [9.17, 15) is 14.4 Å².